The minimum absolute atomic E-state index is 0.147. The van der Waals surface area contributed by atoms with Gasteiger partial charge in [0.2, 0.25) is 0 Å². The van der Waals surface area contributed by atoms with Crippen LogP contribution >= 0.6 is 12.2 Å². The molecule has 0 aliphatic carbocycles. The van der Waals surface area contributed by atoms with E-state index in [1.807, 2.05) is 43.3 Å². The first kappa shape index (κ1) is 21.6. The molecule has 0 spiro atoms. The van der Waals surface area contributed by atoms with E-state index in [9.17, 15) is 4.79 Å². The topological polar surface area (TPSA) is 53.6 Å². The van der Waals surface area contributed by atoms with E-state index in [1.165, 1.54) is 5.56 Å². The molecule has 0 bridgehead atoms. The van der Waals surface area contributed by atoms with Gasteiger partial charge in [0.25, 0.3) is 0 Å². The van der Waals surface area contributed by atoms with Gasteiger partial charge in [-0.25, -0.2) is 4.79 Å². The summed E-state index contributed by atoms with van der Waals surface area (Å²) in [6.07, 6.45) is 1.07. The highest BCUT2D eigenvalue weighted by Crippen LogP contribution is 2.48. The van der Waals surface area contributed by atoms with Crippen LogP contribution in [0, 0.1) is 11.8 Å². The van der Waals surface area contributed by atoms with Gasteiger partial charge >= 0.3 is 5.97 Å². The van der Waals surface area contributed by atoms with Gasteiger partial charge in [-0.3, -0.25) is 0 Å². The standard InChI is InChI=1S/C25H31N3O2S/c1-4-30-24(29)18-10-11-21-20(14-18)23-19(22(27-21)16(2)3)12-13-28(23)25(31)26-15-17-8-6-5-7-9-17/h5-11,14,16,19,22-23,27H,4,12-13,15H2,1-3H3,(H,26,31)/t19-,22+,23-/m0/s1. The predicted molar refractivity (Wildman–Crippen MR) is 128 cm³/mol. The molecule has 4 rings (SSSR count). The van der Waals surface area contributed by atoms with E-state index < -0.39 is 0 Å². The summed E-state index contributed by atoms with van der Waals surface area (Å²) in [5.41, 5.74) is 4.02. The van der Waals surface area contributed by atoms with Crippen LogP contribution in [0.1, 0.15) is 54.7 Å². The zero-order valence-corrected chi connectivity index (χ0v) is 19.2. The predicted octanol–water partition coefficient (Wildman–Crippen LogP) is 4.75. The molecule has 2 aromatic rings. The second-order valence-corrected chi connectivity index (χ2v) is 9.06. The normalized spacial score (nSPS) is 21.8. The fourth-order valence-corrected chi connectivity index (χ4v) is 5.20. The number of carbonyl (C=O) groups is 1. The first-order chi connectivity index (χ1) is 15.0. The minimum Gasteiger partial charge on any atom is -0.462 e. The monoisotopic (exact) mass is 437 g/mol. The van der Waals surface area contributed by atoms with E-state index in [4.69, 9.17) is 17.0 Å². The fraction of sp³-hybridized carbons (Fsp3) is 0.440. The second kappa shape index (κ2) is 9.27. The van der Waals surface area contributed by atoms with Gasteiger partial charge in [0, 0.05) is 30.7 Å². The summed E-state index contributed by atoms with van der Waals surface area (Å²) in [5.74, 6) is 0.653. The van der Waals surface area contributed by atoms with Crippen LogP contribution in [0.25, 0.3) is 0 Å². The second-order valence-electron chi connectivity index (χ2n) is 8.67. The molecule has 1 saturated heterocycles. The third kappa shape index (κ3) is 4.40. The Hall–Kier alpha value is -2.60. The van der Waals surface area contributed by atoms with Crippen LogP contribution < -0.4 is 10.6 Å². The van der Waals surface area contributed by atoms with E-state index in [0.29, 0.717) is 36.6 Å². The highest BCUT2D eigenvalue weighted by atomic mass is 32.1. The maximum atomic E-state index is 12.4. The van der Waals surface area contributed by atoms with Gasteiger partial charge in [-0.15, -0.1) is 0 Å². The van der Waals surface area contributed by atoms with Crippen LogP contribution in [0.5, 0.6) is 0 Å². The fourth-order valence-electron chi connectivity index (χ4n) is 4.92. The molecular weight excluding hydrogens is 406 g/mol. The van der Waals surface area contributed by atoms with Crippen molar-refractivity contribution in [3.8, 4) is 0 Å². The molecule has 1 fully saturated rings. The summed E-state index contributed by atoms with van der Waals surface area (Å²) in [6.45, 7) is 8.34. The van der Waals surface area contributed by atoms with Crippen LogP contribution in [0.3, 0.4) is 0 Å². The maximum absolute atomic E-state index is 12.4. The number of fused-ring (bicyclic) bond motifs is 3. The summed E-state index contributed by atoms with van der Waals surface area (Å²) in [6, 6.07) is 16.7. The number of esters is 1. The van der Waals surface area contributed by atoms with Gasteiger partial charge in [0.05, 0.1) is 18.2 Å². The van der Waals surface area contributed by atoms with Gasteiger partial charge in [0.1, 0.15) is 0 Å². The lowest BCUT2D eigenvalue weighted by Gasteiger charge is -2.42. The molecule has 2 N–H and O–H groups in total. The molecule has 2 heterocycles. The van der Waals surface area contributed by atoms with E-state index in [-0.39, 0.29) is 12.0 Å². The highest BCUT2D eigenvalue weighted by molar-refractivity contribution is 7.80. The van der Waals surface area contributed by atoms with Crippen molar-refractivity contribution >= 4 is 29.0 Å². The number of carbonyl (C=O) groups excluding carboxylic acids is 1. The zero-order chi connectivity index (χ0) is 22.0. The molecule has 5 nitrogen and oxygen atoms in total. The van der Waals surface area contributed by atoms with Crippen LogP contribution in [-0.4, -0.2) is 35.2 Å². The molecule has 0 unspecified atom stereocenters. The van der Waals surface area contributed by atoms with Crippen LogP contribution in [0.15, 0.2) is 48.5 Å². The van der Waals surface area contributed by atoms with Crippen LogP contribution in [-0.2, 0) is 11.3 Å². The quantitative estimate of drug-likeness (QED) is 0.520. The van der Waals surface area contributed by atoms with E-state index in [0.717, 1.165) is 29.3 Å². The van der Waals surface area contributed by atoms with Gasteiger partial charge in [0.15, 0.2) is 5.11 Å². The Kier molecular flexibility index (Phi) is 6.46. The first-order valence-corrected chi connectivity index (χ1v) is 11.6. The van der Waals surface area contributed by atoms with E-state index >= 15 is 0 Å². The molecule has 0 saturated carbocycles. The Morgan fingerprint density at radius 1 is 1.26 bits per heavy atom. The average molecular weight is 438 g/mol. The molecule has 2 aliphatic heterocycles. The number of nitrogens with zero attached hydrogens (tertiary/aromatic N) is 1. The highest BCUT2D eigenvalue weighted by Gasteiger charge is 2.46. The van der Waals surface area contributed by atoms with E-state index in [1.54, 1.807) is 0 Å². The summed E-state index contributed by atoms with van der Waals surface area (Å²) in [5, 5.41) is 7.96. The lowest BCUT2D eigenvalue weighted by molar-refractivity contribution is 0.0526. The number of anilines is 1. The molecule has 0 amide bonds. The van der Waals surface area contributed by atoms with Crippen molar-refractivity contribution in [1.29, 1.82) is 0 Å². The molecule has 0 aromatic heterocycles. The number of hydrogen-bond acceptors (Lipinski definition) is 4. The molecule has 3 atom stereocenters. The van der Waals surface area contributed by atoms with Crippen LogP contribution in [0.4, 0.5) is 5.69 Å². The number of hydrogen-bond donors (Lipinski definition) is 2. The van der Waals surface area contributed by atoms with Crippen molar-refractivity contribution in [1.82, 2.24) is 10.2 Å². The van der Waals surface area contributed by atoms with E-state index in [2.05, 4.69) is 41.5 Å². The smallest absolute Gasteiger partial charge is 0.338 e. The van der Waals surface area contributed by atoms with Gasteiger partial charge < -0.3 is 20.3 Å². The zero-order valence-electron chi connectivity index (χ0n) is 18.4. The Morgan fingerprint density at radius 2 is 2.03 bits per heavy atom. The van der Waals surface area contributed by atoms with Gasteiger partial charge in [-0.1, -0.05) is 44.2 Å². The molecule has 164 valence electrons. The van der Waals surface area contributed by atoms with Gasteiger partial charge in [-0.2, -0.15) is 0 Å². The summed E-state index contributed by atoms with van der Waals surface area (Å²) >= 11 is 5.84. The third-order valence-corrected chi connectivity index (χ3v) is 6.75. The average Bonchev–Trinajstić information content (AvgIpc) is 3.23. The number of benzene rings is 2. The molecule has 6 heteroatoms. The van der Waals surface area contributed by atoms with Crippen molar-refractivity contribution < 1.29 is 9.53 Å². The molecule has 0 radical (unpaired) electrons. The third-order valence-electron chi connectivity index (χ3n) is 6.38. The summed E-state index contributed by atoms with van der Waals surface area (Å²) in [7, 11) is 0. The molecule has 31 heavy (non-hydrogen) atoms. The molecule has 2 aromatic carbocycles. The van der Waals surface area contributed by atoms with Crippen molar-refractivity contribution in [2.75, 3.05) is 18.5 Å². The largest absolute Gasteiger partial charge is 0.462 e. The van der Waals surface area contributed by atoms with Crippen molar-refractivity contribution in [2.45, 2.75) is 45.8 Å². The van der Waals surface area contributed by atoms with Crippen molar-refractivity contribution in [2.24, 2.45) is 11.8 Å². The SMILES string of the molecule is CCOC(=O)c1ccc2c(c1)[C@@H]1[C@@H](CCN1C(=S)NCc1ccccc1)[C@@H](C(C)C)N2. The van der Waals surface area contributed by atoms with Crippen molar-refractivity contribution in [3.05, 3.63) is 65.2 Å². The Balaban J connectivity index is 1.62. The Morgan fingerprint density at radius 3 is 2.74 bits per heavy atom. The number of likely N-dealkylation sites (tertiary alicyclic amines) is 1. The number of thiocarbonyl (C=S) groups is 1. The molecule has 2 aliphatic rings. The number of ether oxygens (including phenoxy) is 1. The van der Waals surface area contributed by atoms with Gasteiger partial charge in [-0.05, 0) is 60.8 Å². The summed E-state index contributed by atoms with van der Waals surface area (Å²) < 4.78 is 5.24. The van der Waals surface area contributed by atoms with Crippen LogP contribution in [0.2, 0.25) is 0 Å². The maximum Gasteiger partial charge on any atom is 0.338 e. The first-order valence-electron chi connectivity index (χ1n) is 11.2. The summed E-state index contributed by atoms with van der Waals surface area (Å²) in [4.78, 5) is 14.7. The number of nitrogens with one attached hydrogen (secondary N) is 2. The molecular formula is C25H31N3O2S. The lowest BCUT2D eigenvalue weighted by Crippen LogP contribution is -2.45. The number of rotatable bonds is 5. The Bertz CT molecular complexity index is 947. The minimum atomic E-state index is -0.276. The van der Waals surface area contributed by atoms with Crippen molar-refractivity contribution in [3.63, 3.8) is 0 Å². The lowest BCUT2D eigenvalue weighted by atomic mass is 9.78. The Labute approximate surface area is 190 Å².